The Balaban J connectivity index is 1.89. The predicted molar refractivity (Wildman–Crippen MR) is 85.3 cm³/mol. The van der Waals surface area contributed by atoms with E-state index in [9.17, 15) is 0 Å². The summed E-state index contributed by atoms with van der Waals surface area (Å²) in [4.78, 5) is 2.36. The normalized spacial score (nSPS) is 13.2. The third-order valence-electron chi connectivity index (χ3n) is 3.94. The Kier molecular flexibility index (Phi) is 5.46. The molecular weight excluding hydrogens is 272 g/mol. The van der Waals surface area contributed by atoms with Crippen molar-refractivity contribution in [1.82, 2.24) is 10.2 Å². The first-order valence-electron chi connectivity index (χ1n) is 7.20. The molecule has 1 atom stereocenters. The summed E-state index contributed by atoms with van der Waals surface area (Å²) in [7, 11) is 2.16. The first-order chi connectivity index (χ1) is 9.63. The fraction of sp³-hybridized carbons (Fsp3) is 0.500. The fourth-order valence-electron chi connectivity index (χ4n) is 2.23. The van der Waals surface area contributed by atoms with Crippen LogP contribution >= 0.6 is 11.6 Å². The molecule has 0 bridgehead atoms. The molecule has 1 aromatic carbocycles. The van der Waals surface area contributed by atoms with Crippen LogP contribution in [0.1, 0.15) is 25.8 Å². The number of rotatable bonds is 7. The van der Waals surface area contributed by atoms with Crippen molar-refractivity contribution < 1.29 is 4.42 Å². The molecule has 0 amide bonds. The summed E-state index contributed by atoms with van der Waals surface area (Å²) in [5.41, 5.74) is 1.90. The van der Waals surface area contributed by atoms with Gasteiger partial charge in [0, 0.05) is 36.6 Å². The molecule has 1 aromatic heterocycles. The molecule has 4 heteroatoms. The number of hydrogen-bond acceptors (Lipinski definition) is 3. The monoisotopic (exact) mass is 294 g/mol. The van der Waals surface area contributed by atoms with Crippen LogP contribution in [0.15, 0.2) is 28.7 Å². The van der Waals surface area contributed by atoms with Gasteiger partial charge < -0.3 is 14.6 Å². The first kappa shape index (κ1) is 15.4. The molecule has 0 aliphatic rings. The highest BCUT2D eigenvalue weighted by atomic mass is 35.5. The van der Waals surface area contributed by atoms with Crippen molar-refractivity contribution in [2.24, 2.45) is 0 Å². The van der Waals surface area contributed by atoms with Gasteiger partial charge in [0.2, 0.25) is 0 Å². The van der Waals surface area contributed by atoms with Gasteiger partial charge in [-0.15, -0.1) is 0 Å². The van der Waals surface area contributed by atoms with Crippen LogP contribution in [-0.4, -0.2) is 31.1 Å². The minimum atomic E-state index is 0.494. The maximum Gasteiger partial charge on any atom is 0.199 e. The lowest BCUT2D eigenvalue weighted by molar-refractivity contribution is 0.252. The number of hydrogen-bond donors (Lipinski definition) is 1. The average Bonchev–Trinajstić information content (AvgIpc) is 2.78. The Bertz CT molecular complexity index is 552. The Hall–Kier alpha value is -1.03. The minimum absolute atomic E-state index is 0.494. The molecule has 110 valence electrons. The quantitative estimate of drug-likeness (QED) is 0.785. The van der Waals surface area contributed by atoms with E-state index in [1.807, 2.05) is 24.3 Å². The lowest BCUT2D eigenvalue weighted by atomic mass is 10.2. The van der Waals surface area contributed by atoms with E-state index >= 15 is 0 Å². The topological polar surface area (TPSA) is 28.4 Å². The maximum atomic E-state index is 6.16. The van der Waals surface area contributed by atoms with Crippen LogP contribution in [0.5, 0.6) is 0 Å². The number of halogens is 1. The molecule has 0 aliphatic carbocycles. The van der Waals surface area contributed by atoms with Gasteiger partial charge in [0.15, 0.2) is 5.22 Å². The Morgan fingerprint density at radius 3 is 2.85 bits per heavy atom. The van der Waals surface area contributed by atoms with E-state index in [1.54, 1.807) is 0 Å². The standard InChI is InChI=1S/C16H23ClN2O/c1-4-12(2)19(3)10-9-18-11-14-13-7-5-6-8-15(13)20-16(14)17/h5-8,12,18H,4,9-11H2,1-3H3. The van der Waals surface area contributed by atoms with Crippen molar-refractivity contribution in [3.05, 3.63) is 35.0 Å². The van der Waals surface area contributed by atoms with E-state index < -0.39 is 0 Å². The van der Waals surface area contributed by atoms with E-state index in [2.05, 4.69) is 31.1 Å². The van der Waals surface area contributed by atoms with Gasteiger partial charge in [0.25, 0.3) is 0 Å². The summed E-state index contributed by atoms with van der Waals surface area (Å²) in [5, 5.41) is 5.04. The Labute approximate surface area is 125 Å². The molecule has 1 unspecified atom stereocenters. The molecule has 1 heterocycles. The van der Waals surface area contributed by atoms with Crippen molar-refractivity contribution in [1.29, 1.82) is 0 Å². The third kappa shape index (κ3) is 3.54. The second-order valence-electron chi connectivity index (χ2n) is 5.27. The van der Waals surface area contributed by atoms with Crippen LogP contribution in [-0.2, 0) is 6.54 Å². The average molecular weight is 295 g/mol. The van der Waals surface area contributed by atoms with E-state index in [-0.39, 0.29) is 0 Å². The predicted octanol–water partition coefficient (Wildman–Crippen LogP) is 3.91. The summed E-state index contributed by atoms with van der Waals surface area (Å²) in [5.74, 6) is 0. The van der Waals surface area contributed by atoms with Crippen molar-refractivity contribution >= 4 is 22.6 Å². The van der Waals surface area contributed by atoms with Gasteiger partial charge in [0.1, 0.15) is 5.58 Å². The molecule has 0 aliphatic heterocycles. The second kappa shape index (κ2) is 7.11. The summed E-state index contributed by atoms with van der Waals surface area (Å²) in [6.45, 7) is 7.18. The van der Waals surface area contributed by atoms with Crippen LogP contribution in [0.25, 0.3) is 11.0 Å². The number of fused-ring (bicyclic) bond motifs is 1. The van der Waals surface area contributed by atoms with Crippen LogP contribution < -0.4 is 5.32 Å². The van der Waals surface area contributed by atoms with Crippen molar-refractivity contribution in [3.63, 3.8) is 0 Å². The van der Waals surface area contributed by atoms with Gasteiger partial charge in [-0.05, 0) is 38.1 Å². The van der Waals surface area contributed by atoms with E-state index in [0.717, 1.165) is 36.2 Å². The van der Waals surface area contributed by atoms with Gasteiger partial charge in [-0.3, -0.25) is 0 Å². The first-order valence-corrected chi connectivity index (χ1v) is 7.58. The second-order valence-corrected chi connectivity index (χ2v) is 5.61. The smallest absolute Gasteiger partial charge is 0.199 e. The van der Waals surface area contributed by atoms with E-state index in [4.69, 9.17) is 16.0 Å². The number of furan rings is 1. The van der Waals surface area contributed by atoms with Gasteiger partial charge in [0.05, 0.1) is 0 Å². The van der Waals surface area contributed by atoms with Gasteiger partial charge in [-0.2, -0.15) is 0 Å². The lowest BCUT2D eigenvalue weighted by Crippen LogP contribution is -2.34. The molecule has 2 aromatic rings. The molecule has 1 N–H and O–H groups in total. The van der Waals surface area contributed by atoms with E-state index in [0.29, 0.717) is 11.3 Å². The zero-order valence-electron chi connectivity index (χ0n) is 12.4. The molecule has 0 fully saturated rings. The summed E-state index contributed by atoms with van der Waals surface area (Å²) >= 11 is 6.16. The van der Waals surface area contributed by atoms with Crippen LogP contribution in [0.3, 0.4) is 0 Å². The number of likely N-dealkylation sites (N-methyl/N-ethyl adjacent to an activating group) is 1. The van der Waals surface area contributed by atoms with Crippen LogP contribution in [0.4, 0.5) is 0 Å². The molecule has 2 rings (SSSR count). The largest absolute Gasteiger partial charge is 0.444 e. The highest BCUT2D eigenvalue weighted by Crippen LogP contribution is 2.29. The zero-order chi connectivity index (χ0) is 14.5. The molecule has 20 heavy (non-hydrogen) atoms. The minimum Gasteiger partial charge on any atom is -0.444 e. The Morgan fingerprint density at radius 1 is 1.35 bits per heavy atom. The van der Waals surface area contributed by atoms with Crippen molar-refractivity contribution in [3.8, 4) is 0 Å². The molecule has 0 saturated carbocycles. The summed E-state index contributed by atoms with van der Waals surface area (Å²) in [6.07, 6.45) is 1.18. The van der Waals surface area contributed by atoms with Gasteiger partial charge >= 0.3 is 0 Å². The zero-order valence-corrected chi connectivity index (χ0v) is 13.2. The molecule has 3 nitrogen and oxygen atoms in total. The maximum absolute atomic E-state index is 6.16. The van der Waals surface area contributed by atoms with E-state index in [1.165, 1.54) is 6.42 Å². The van der Waals surface area contributed by atoms with Crippen molar-refractivity contribution in [2.45, 2.75) is 32.9 Å². The third-order valence-corrected chi connectivity index (χ3v) is 4.24. The molecule has 0 spiro atoms. The van der Waals surface area contributed by atoms with Crippen LogP contribution in [0.2, 0.25) is 5.22 Å². The fourth-order valence-corrected chi connectivity index (χ4v) is 2.49. The van der Waals surface area contributed by atoms with Crippen molar-refractivity contribution in [2.75, 3.05) is 20.1 Å². The SMILES string of the molecule is CCC(C)N(C)CCNCc1c(Cl)oc2ccccc12. The molecule has 0 saturated heterocycles. The van der Waals surface area contributed by atoms with Crippen LogP contribution in [0, 0.1) is 0 Å². The lowest BCUT2D eigenvalue weighted by Gasteiger charge is -2.23. The summed E-state index contributed by atoms with van der Waals surface area (Å²) < 4.78 is 5.55. The van der Waals surface area contributed by atoms with Gasteiger partial charge in [-0.1, -0.05) is 25.1 Å². The number of benzene rings is 1. The number of para-hydroxylation sites is 1. The highest BCUT2D eigenvalue weighted by Gasteiger charge is 2.11. The number of nitrogens with zero attached hydrogens (tertiary/aromatic N) is 1. The Morgan fingerprint density at radius 2 is 2.10 bits per heavy atom. The summed E-state index contributed by atoms with van der Waals surface area (Å²) in [6, 6.07) is 8.58. The molecule has 0 radical (unpaired) electrons. The number of nitrogens with one attached hydrogen (secondary N) is 1. The molecular formula is C16H23ClN2O. The van der Waals surface area contributed by atoms with Gasteiger partial charge in [-0.25, -0.2) is 0 Å². The highest BCUT2D eigenvalue weighted by molar-refractivity contribution is 6.30.